The third-order valence-corrected chi connectivity index (χ3v) is 5.15. The van der Waals surface area contributed by atoms with Gasteiger partial charge in [0.05, 0.1) is 24.3 Å². The minimum atomic E-state index is -1.12. The number of hydrogen-bond acceptors (Lipinski definition) is 4. The van der Waals surface area contributed by atoms with Gasteiger partial charge >= 0.3 is 5.97 Å². The number of fused-ring (bicyclic) bond motifs is 1. The summed E-state index contributed by atoms with van der Waals surface area (Å²) in [5.41, 5.74) is 3.99. The van der Waals surface area contributed by atoms with Crippen molar-refractivity contribution in [1.29, 1.82) is 0 Å². The fourth-order valence-electron chi connectivity index (χ4n) is 3.41. The molecule has 0 saturated carbocycles. The summed E-state index contributed by atoms with van der Waals surface area (Å²) in [6.45, 7) is 5.74. The van der Waals surface area contributed by atoms with E-state index in [1.807, 2.05) is 29.7 Å². The molecule has 0 saturated heterocycles. The zero-order valence-electron chi connectivity index (χ0n) is 16.2. The summed E-state index contributed by atoms with van der Waals surface area (Å²) in [4.78, 5) is 41.7. The molecule has 1 aromatic carbocycles. The second kappa shape index (κ2) is 7.84. The highest BCUT2D eigenvalue weighted by molar-refractivity contribution is 5.90. The van der Waals surface area contributed by atoms with Crippen molar-refractivity contribution in [2.75, 3.05) is 0 Å². The minimum Gasteiger partial charge on any atom is -0.480 e. The van der Waals surface area contributed by atoms with Gasteiger partial charge in [0.1, 0.15) is 12.1 Å². The number of aliphatic carboxylic acids is 1. The molecule has 2 aromatic rings. The number of benzene rings is 1. The van der Waals surface area contributed by atoms with Gasteiger partial charge in [0, 0.05) is 19.9 Å². The Morgan fingerprint density at radius 2 is 2.04 bits per heavy atom. The van der Waals surface area contributed by atoms with Crippen molar-refractivity contribution in [3.63, 3.8) is 0 Å². The normalized spacial score (nSPS) is 17.0. The molecule has 8 heteroatoms. The lowest BCUT2D eigenvalue weighted by Gasteiger charge is -2.34. The molecule has 2 amide bonds. The minimum absolute atomic E-state index is 0.239. The number of hydrogen-bond donors (Lipinski definition) is 2. The Hall–Kier alpha value is -3.16. The van der Waals surface area contributed by atoms with Crippen molar-refractivity contribution in [2.45, 2.75) is 52.4 Å². The highest BCUT2D eigenvalue weighted by atomic mass is 16.4. The van der Waals surface area contributed by atoms with Crippen LogP contribution in [0, 0.1) is 6.92 Å². The van der Waals surface area contributed by atoms with Crippen LogP contribution in [0.4, 0.5) is 0 Å². The quantitative estimate of drug-likeness (QED) is 0.803. The van der Waals surface area contributed by atoms with E-state index in [4.69, 9.17) is 5.11 Å². The number of nitrogens with one attached hydrogen (secondary N) is 1. The number of amides is 2. The lowest BCUT2D eigenvalue weighted by atomic mass is 10.0. The maximum Gasteiger partial charge on any atom is 0.325 e. The topological polar surface area (TPSA) is 105 Å². The maximum atomic E-state index is 12.6. The first-order valence-corrected chi connectivity index (χ1v) is 9.15. The smallest absolute Gasteiger partial charge is 0.325 e. The van der Waals surface area contributed by atoms with Crippen molar-refractivity contribution in [3.05, 3.63) is 53.1 Å². The highest BCUT2D eigenvalue weighted by Gasteiger charge is 2.36. The Morgan fingerprint density at radius 3 is 2.68 bits per heavy atom. The van der Waals surface area contributed by atoms with Crippen LogP contribution in [0.25, 0.3) is 0 Å². The Kier molecular flexibility index (Phi) is 5.48. The summed E-state index contributed by atoms with van der Waals surface area (Å²) in [6, 6.07) is 6.27. The first kappa shape index (κ1) is 19.6. The SMILES string of the molecule is CC(=O)N1Cc2c(ncn2Cc2ccccc2C)CC1C(=O)NC(C)C(=O)O. The van der Waals surface area contributed by atoms with Crippen LogP contribution in [-0.2, 0) is 33.9 Å². The number of aryl methyl sites for hydroxylation is 1. The molecule has 2 heterocycles. The zero-order chi connectivity index (χ0) is 20.4. The molecule has 0 spiro atoms. The fraction of sp³-hybridized carbons (Fsp3) is 0.400. The summed E-state index contributed by atoms with van der Waals surface area (Å²) >= 11 is 0. The fourth-order valence-corrected chi connectivity index (χ4v) is 3.41. The lowest BCUT2D eigenvalue weighted by Crippen LogP contribution is -2.54. The van der Waals surface area contributed by atoms with Gasteiger partial charge in [-0.15, -0.1) is 0 Å². The number of carboxylic acid groups (broad SMARTS) is 1. The molecule has 0 fully saturated rings. The van der Waals surface area contributed by atoms with E-state index in [0.717, 1.165) is 17.0 Å². The molecular formula is C20H24N4O4. The van der Waals surface area contributed by atoms with Crippen LogP contribution in [0.15, 0.2) is 30.6 Å². The molecule has 28 heavy (non-hydrogen) atoms. The summed E-state index contributed by atoms with van der Waals surface area (Å²) in [5, 5.41) is 11.5. The van der Waals surface area contributed by atoms with Crippen LogP contribution in [0.5, 0.6) is 0 Å². The third-order valence-electron chi connectivity index (χ3n) is 5.15. The van der Waals surface area contributed by atoms with E-state index in [2.05, 4.69) is 16.4 Å². The van der Waals surface area contributed by atoms with Crippen molar-refractivity contribution in [3.8, 4) is 0 Å². The third kappa shape index (κ3) is 3.90. The van der Waals surface area contributed by atoms with Crippen LogP contribution in [-0.4, -0.2) is 49.4 Å². The second-order valence-electron chi connectivity index (χ2n) is 7.13. The number of aromatic nitrogens is 2. The van der Waals surface area contributed by atoms with Crippen LogP contribution >= 0.6 is 0 Å². The predicted molar refractivity (Wildman–Crippen MR) is 101 cm³/mol. The number of carbonyl (C=O) groups is 3. The Morgan fingerprint density at radius 1 is 1.32 bits per heavy atom. The van der Waals surface area contributed by atoms with Crippen LogP contribution in [0.1, 0.15) is 36.4 Å². The Balaban J connectivity index is 1.85. The number of carbonyl (C=O) groups excluding carboxylic acids is 2. The van der Waals surface area contributed by atoms with E-state index in [0.29, 0.717) is 6.54 Å². The molecule has 1 aliphatic rings. The molecule has 148 valence electrons. The van der Waals surface area contributed by atoms with Crippen molar-refractivity contribution >= 4 is 17.8 Å². The van der Waals surface area contributed by atoms with Crippen molar-refractivity contribution in [1.82, 2.24) is 19.8 Å². The van der Waals surface area contributed by atoms with Crippen LogP contribution in [0.3, 0.4) is 0 Å². The maximum absolute atomic E-state index is 12.6. The molecule has 2 N–H and O–H groups in total. The van der Waals surface area contributed by atoms with Gasteiger partial charge in [0.25, 0.3) is 0 Å². The molecule has 0 aliphatic carbocycles. The molecule has 8 nitrogen and oxygen atoms in total. The molecule has 0 radical (unpaired) electrons. The van der Waals surface area contributed by atoms with E-state index in [1.54, 1.807) is 6.33 Å². The van der Waals surface area contributed by atoms with E-state index < -0.39 is 24.0 Å². The number of carboxylic acids is 1. The number of nitrogens with zero attached hydrogens (tertiary/aromatic N) is 3. The highest BCUT2D eigenvalue weighted by Crippen LogP contribution is 2.24. The van der Waals surface area contributed by atoms with Gasteiger partial charge in [-0.25, -0.2) is 4.98 Å². The molecular weight excluding hydrogens is 360 g/mol. The Labute approximate surface area is 163 Å². The molecule has 1 aliphatic heterocycles. The summed E-state index contributed by atoms with van der Waals surface area (Å²) in [5.74, 6) is -1.84. The average molecular weight is 384 g/mol. The van der Waals surface area contributed by atoms with Gasteiger partial charge in [0.2, 0.25) is 11.8 Å². The van der Waals surface area contributed by atoms with Gasteiger partial charge in [-0.2, -0.15) is 0 Å². The van der Waals surface area contributed by atoms with Gasteiger partial charge in [-0.05, 0) is 25.0 Å². The summed E-state index contributed by atoms with van der Waals surface area (Å²) in [7, 11) is 0. The van der Waals surface area contributed by atoms with Crippen molar-refractivity contribution < 1.29 is 19.5 Å². The second-order valence-corrected chi connectivity index (χ2v) is 7.13. The zero-order valence-corrected chi connectivity index (χ0v) is 16.2. The van der Waals surface area contributed by atoms with Crippen molar-refractivity contribution in [2.24, 2.45) is 0 Å². The standard InChI is InChI=1S/C20H24N4O4/c1-12-6-4-5-7-15(12)9-23-11-21-16-8-17(19(26)22-13(2)20(27)28)24(14(3)25)10-18(16)23/h4-7,11,13,17H,8-10H2,1-3H3,(H,22,26)(H,27,28). The summed E-state index contributed by atoms with van der Waals surface area (Å²) in [6.07, 6.45) is 1.99. The number of imidazole rings is 1. The van der Waals surface area contributed by atoms with Gasteiger partial charge in [-0.3, -0.25) is 14.4 Å². The van der Waals surface area contributed by atoms with E-state index in [1.165, 1.54) is 24.3 Å². The molecule has 3 rings (SSSR count). The molecule has 0 bridgehead atoms. The van der Waals surface area contributed by atoms with Crippen LogP contribution < -0.4 is 5.32 Å². The first-order chi connectivity index (χ1) is 13.3. The lowest BCUT2D eigenvalue weighted by molar-refractivity contribution is -0.144. The van der Waals surface area contributed by atoms with Gasteiger partial charge in [0.15, 0.2) is 0 Å². The van der Waals surface area contributed by atoms with E-state index in [-0.39, 0.29) is 18.9 Å². The monoisotopic (exact) mass is 384 g/mol. The number of rotatable bonds is 5. The Bertz CT molecular complexity index is 921. The van der Waals surface area contributed by atoms with E-state index >= 15 is 0 Å². The van der Waals surface area contributed by atoms with Crippen LogP contribution in [0.2, 0.25) is 0 Å². The molecule has 2 atom stereocenters. The summed E-state index contributed by atoms with van der Waals surface area (Å²) < 4.78 is 2.00. The predicted octanol–water partition coefficient (Wildman–Crippen LogP) is 1.10. The van der Waals surface area contributed by atoms with E-state index in [9.17, 15) is 14.4 Å². The van der Waals surface area contributed by atoms with Gasteiger partial charge in [-0.1, -0.05) is 24.3 Å². The molecule has 2 unspecified atom stereocenters. The molecule has 1 aromatic heterocycles. The first-order valence-electron chi connectivity index (χ1n) is 9.15. The average Bonchev–Trinajstić information content (AvgIpc) is 3.04. The largest absolute Gasteiger partial charge is 0.480 e. The van der Waals surface area contributed by atoms with Gasteiger partial charge < -0.3 is 19.9 Å².